The summed E-state index contributed by atoms with van der Waals surface area (Å²) in [5.41, 5.74) is 6.54. The lowest BCUT2D eigenvalue weighted by molar-refractivity contribution is 0.620. The van der Waals surface area contributed by atoms with Crippen molar-refractivity contribution in [3.05, 3.63) is 29.6 Å². The highest BCUT2D eigenvalue weighted by molar-refractivity contribution is 5.83. The average Bonchev–Trinajstić information content (AvgIpc) is 2.13. The van der Waals surface area contributed by atoms with Gasteiger partial charge in [-0.3, -0.25) is 0 Å². The van der Waals surface area contributed by atoms with Gasteiger partial charge >= 0.3 is 0 Å². The number of halogens is 1. The predicted octanol–water partition coefficient (Wildman–Crippen LogP) is 2.92. The number of hydrogen-bond donors (Lipinski definition) is 1. The third kappa shape index (κ3) is 2.55. The van der Waals surface area contributed by atoms with E-state index in [1.165, 1.54) is 0 Å². The number of rotatable bonds is 3. The molecule has 1 aromatic rings. The Hall–Kier alpha value is -1.38. The van der Waals surface area contributed by atoms with Gasteiger partial charge in [-0.1, -0.05) is 19.1 Å². The molecule has 0 atom stereocenters. The minimum absolute atomic E-state index is 0.286. The summed E-state index contributed by atoms with van der Waals surface area (Å²) in [7, 11) is 0. The van der Waals surface area contributed by atoms with E-state index >= 15 is 0 Å². The molecule has 0 radical (unpaired) electrons. The second-order valence-electron chi connectivity index (χ2n) is 3.26. The maximum atomic E-state index is 13.4. The highest BCUT2D eigenvalue weighted by Gasteiger charge is 2.03. The van der Waals surface area contributed by atoms with Crippen molar-refractivity contribution in [1.82, 2.24) is 0 Å². The Kier molecular flexibility index (Phi) is 3.63. The molecule has 0 unspecified atom stereocenters. The van der Waals surface area contributed by atoms with Gasteiger partial charge in [0.25, 0.3) is 0 Å². The molecule has 1 aromatic carbocycles. The normalized spacial score (nSPS) is 11.8. The third-order valence-electron chi connectivity index (χ3n) is 1.94. The summed E-state index contributed by atoms with van der Waals surface area (Å²) in [6.45, 7) is 3.72. The Morgan fingerprint density at radius 1 is 1.50 bits per heavy atom. The number of aryl methyl sites for hydroxylation is 1. The maximum Gasteiger partial charge on any atom is 0.151 e. The van der Waals surface area contributed by atoms with Crippen LogP contribution in [0, 0.1) is 12.7 Å². The van der Waals surface area contributed by atoms with Gasteiger partial charge in [0.15, 0.2) is 5.82 Å². The smallest absolute Gasteiger partial charge is 0.151 e. The number of amidine groups is 1. The Morgan fingerprint density at radius 3 is 2.86 bits per heavy atom. The van der Waals surface area contributed by atoms with E-state index < -0.39 is 0 Å². The van der Waals surface area contributed by atoms with Crippen LogP contribution in [0.5, 0.6) is 0 Å². The average molecular weight is 194 g/mol. The predicted molar refractivity (Wildman–Crippen MR) is 57.3 cm³/mol. The minimum atomic E-state index is -0.286. The second kappa shape index (κ2) is 4.74. The first kappa shape index (κ1) is 10.7. The van der Waals surface area contributed by atoms with Gasteiger partial charge in [0, 0.05) is 6.42 Å². The molecular weight excluding hydrogens is 179 g/mol. The van der Waals surface area contributed by atoms with Crippen LogP contribution in [0.3, 0.4) is 0 Å². The number of hydrogen-bond acceptors (Lipinski definition) is 1. The summed E-state index contributed by atoms with van der Waals surface area (Å²) in [5.74, 6) is 0.198. The molecule has 0 saturated carbocycles. The van der Waals surface area contributed by atoms with Crippen molar-refractivity contribution in [3.8, 4) is 0 Å². The molecule has 3 heteroatoms. The van der Waals surface area contributed by atoms with Gasteiger partial charge in [-0.15, -0.1) is 0 Å². The van der Waals surface area contributed by atoms with Gasteiger partial charge in [-0.25, -0.2) is 9.38 Å². The molecule has 0 aromatic heterocycles. The Morgan fingerprint density at radius 2 is 2.21 bits per heavy atom. The first-order valence-corrected chi connectivity index (χ1v) is 4.73. The lowest BCUT2D eigenvalue weighted by Crippen LogP contribution is -2.10. The van der Waals surface area contributed by atoms with E-state index in [4.69, 9.17) is 5.73 Å². The third-order valence-corrected chi connectivity index (χ3v) is 1.94. The first-order valence-electron chi connectivity index (χ1n) is 4.73. The Balaban J connectivity index is 2.96. The van der Waals surface area contributed by atoms with E-state index in [0.717, 1.165) is 6.42 Å². The lowest BCUT2D eigenvalue weighted by Gasteiger charge is -2.01. The van der Waals surface area contributed by atoms with Crippen molar-refractivity contribution in [3.63, 3.8) is 0 Å². The Bertz CT molecular complexity index is 345. The fourth-order valence-corrected chi connectivity index (χ4v) is 1.19. The molecule has 0 spiro atoms. The molecule has 0 fully saturated rings. The molecule has 0 bridgehead atoms. The SMILES string of the molecule is CCCC(N)=Nc1cccc(C)c1F. The molecule has 76 valence electrons. The van der Waals surface area contributed by atoms with Gasteiger partial charge in [0.05, 0.1) is 5.84 Å². The molecule has 0 aliphatic carbocycles. The fourth-order valence-electron chi connectivity index (χ4n) is 1.19. The molecule has 0 heterocycles. The van der Waals surface area contributed by atoms with E-state index in [1.807, 2.05) is 6.92 Å². The maximum absolute atomic E-state index is 13.4. The van der Waals surface area contributed by atoms with Crippen molar-refractivity contribution in [2.75, 3.05) is 0 Å². The van der Waals surface area contributed by atoms with E-state index in [9.17, 15) is 4.39 Å². The van der Waals surface area contributed by atoms with Crippen LogP contribution in [-0.2, 0) is 0 Å². The molecule has 2 N–H and O–H groups in total. The van der Waals surface area contributed by atoms with Crippen LogP contribution in [-0.4, -0.2) is 5.84 Å². The minimum Gasteiger partial charge on any atom is -0.387 e. The van der Waals surface area contributed by atoms with Crippen LogP contribution < -0.4 is 5.73 Å². The van der Waals surface area contributed by atoms with Gasteiger partial charge in [0.1, 0.15) is 5.69 Å². The zero-order valence-electron chi connectivity index (χ0n) is 8.55. The largest absolute Gasteiger partial charge is 0.387 e. The van der Waals surface area contributed by atoms with Gasteiger partial charge in [-0.05, 0) is 25.0 Å². The summed E-state index contributed by atoms with van der Waals surface area (Å²) in [5, 5.41) is 0. The van der Waals surface area contributed by atoms with Crippen molar-refractivity contribution in [1.29, 1.82) is 0 Å². The van der Waals surface area contributed by atoms with Gasteiger partial charge in [0.2, 0.25) is 0 Å². The summed E-state index contributed by atoms with van der Waals surface area (Å²) in [6, 6.07) is 5.12. The quantitative estimate of drug-likeness (QED) is 0.583. The number of nitrogens with two attached hydrogens (primary N) is 1. The molecule has 2 nitrogen and oxygen atoms in total. The van der Waals surface area contributed by atoms with Gasteiger partial charge < -0.3 is 5.73 Å². The van der Waals surface area contributed by atoms with Crippen LogP contribution in [0.15, 0.2) is 23.2 Å². The van der Waals surface area contributed by atoms with E-state index in [-0.39, 0.29) is 5.82 Å². The number of aliphatic imine (C=N–C) groups is 1. The van der Waals surface area contributed by atoms with Crippen LogP contribution in [0.25, 0.3) is 0 Å². The first-order chi connectivity index (χ1) is 6.65. The zero-order valence-corrected chi connectivity index (χ0v) is 8.55. The van der Waals surface area contributed by atoms with Crippen LogP contribution in [0.4, 0.5) is 10.1 Å². The molecule has 1 rings (SSSR count). The Labute approximate surface area is 83.7 Å². The molecular formula is C11H15FN2. The summed E-state index contributed by atoms with van der Waals surface area (Å²) < 4.78 is 13.4. The second-order valence-corrected chi connectivity index (χ2v) is 3.26. The molecule has 0 aliphatic heterocycles. The van der Waals surface area contributed by atoms with Crippen LogP contribution in [0.1, 0.15) is 25.3 Å². The van der Waals surface area contributed by atoms with Crippen molar-refractivity contribution >= 4 is 11.5 Å². The summed E-state index contributed by atoms with van der Waals surface area (Å²) in [6.07, 6.45) is 1.62. The van der Waals surface area contributed by atoms with Crippen molar-refractivity contribution in [2.24, 2.45) is 10.7 Å². The molecule has 14 heavy (non-hydrogen) atoms. The fraction of sp³-hybridized carbons (Fsp3) is 0.364. The molecule has 0 aliphatic rings. The van der Waals surface area contributed by atoms with Gasteiger partial charge in [-0.2, -0.15) is 0 Å². The molecule has 0 saturated heterocycles. The highest BCUT2D eigenvalue weighted by atomic mass is 19.1. The van der Waals surface area contributed by atoms with Crippen LogP contribution >= 0.6 is 0 Å². The molecule has 0 amide bonds. The number of nitrogens with zero attached hydrogens (tertiary/aromatic N) is 1. The van der Waals surface area contributed by atoms with Crippen molar-refractivity contribution < 1.29 is 4.39 Å². The van der Waals surface area contributed by atoms with E-state index in [1.54, 1.807) is 25.1 Å². The topological polar surface area (TPSA) is 38.4 Å². The lowest BCUT2D eigenvalue weighted by atomic mass is 10.2. The summed E-state index contributed by atoms with van der Waals surface area (Å²) in [4.78, 5) is 4.03. The van der Waals surface area contributed by atoms with E-state index in [0.29, 0.717) is 23.5 Å². The highest BCUT2D eigenvalue weighted by Crippen LogP contribution is 2.20. The number of benzene rings is 1. The van der Waals surface area contributed by atoms with Crippen molar-refractivity contribution in [2.45, 2.75) is 26.7 Å². The standard InChI is InChI=1S/C11H15FN2/c1-3-5-10(13)14-9-7-4-6-8(2)11(9)12/h4,6-7H,3,5H2,1-2H3,(H2,13,14). The summed E-state index contributed by atoms with van der Waals surface area (Å²) >= 11 is 0. The van der Waals surface area contributed by atoms with Crippen LogP contribution in [0.2, 0.25) is 0 Å². The zero-order chi connectivity index (χ0) is 10.6. The monoisotopic (exact) mass is 194 g/mol. The van der Waals surface area contributed by atoms with E-state index in [2.05, 4.69) is 4.99 Å².